The highest BCUT2D eigenvalue weighted by atomic mass is 16.6. The van der Waals surface area contributed by atoms with E-state index in [0.717, 1.165) is 25.1 Å². The number of nitrogens with zero attached hydrogens (tertiary/aromatic N) is 2. The highest BCUT2D eigenvalue weighted by Gasteiger charge is 2.28. The molecule has 1 atom stereocenters. The lowest BCUT2D eigenvalue weighted by molar-refractivity contribution is 0.00775. The Balaban J connectivity index is 1.90. The number of amides is 1. The minimum absolute atomic E-state index is 0.0127. The van der Waals surface area contributed by atoms with Crippen LogP contribution in [0.1, 0.15) is 33.6 Å². The van der Waals surface area contributed by atoms with Crippen LogP contribution in [-0.2, 0) is 4.74 Å². The smallest absolute Gasteiger partial charge is 0.410 e. The minimum Gasteiger partial charge on any atom is -0.488 e. The lowest BCUT2D eigenvalue weighted by Gasteiger charge is -2.34. The Kier molecular flexibility index (Phi) is 4.47. The van der Waals surface area contributed by atoms with E-state index in [2.05, 4.69) is 4.98 Å². The second kappa shape index (κ2) is 6.11. The van der Waals surface area contributed by atoms with E-state index in [-0.39, 0.29) is 12.2 Å². The van der Waals surface area contributed by atoms with Crippen LogP contribution in [0.25, 0.3) is 0 Å². The van der Waals surface area contributed by atoms with Gasteiger partial charge in [-0.25, -0.2) is 4.79 Å². The van der Waals surface area contributed by atoms with Crippen molar-refractivity contribution in [3.8, 4) is 5.75 Å². The molecule has 0 bridgehead atoms. The topological polar surface area (TPSA) is 51.7 Å². The van der Waals surface area contributed by atoms with Crippen molar-refractivity contribution in [2.45, 2.75) is 45.3 Å². The summed E-state index contributed by atoms with van der Waals surface area (Å²) in [6.45, 7) is 6.92. The average Bonchev–Trinajstić information content (AvgIpc) is 2.38. The number of hydrogen-bond acceptors (Lipinski definition) is 4. The van der Waals surface area contributed by atoms with Crippen LogP contribution in [0, 0.1) is 0 Å². The zero-order valence-electron chi connectivity index (χ0n) is 12.3. The van der Waals surface area contributed by atoms with Crippen molar-refractivity contribution in [2.75, 3.05) is 13.1 Å². The van der Waals surface area contributed by atoms with Gasteiger partial charge in [0.25, 0.3) is 0 Å². The van der Waals surface area contributed by atoms with E-state index in [1.807, 2.05) is 32.9 Å². The van der Waals surface area contributed by atoms with E-state index in [9.17, 15) is 4.79 Å². The molecule has 1 unspecified atom stereocenters. The van der Waals surface area contributed by atoms with Gasteiger partial charge in [-0.3, -0.25) is 4.98 Å². The number of piperidine rings is 1. The average molecular weight is 278 g/mol. The third-order valence-electron chi connectivity index (χ3n) is 2.98. The number of carbonyl (C=O) groups is 1. The van der Waals surface area contributed by atoms with Crippen LogP contribution in [-0.4, -0.2) is 40.8 Å². The number of likely N-dealkylation sites (tertiary alicyclic amines) is 1. The Morgan fingerprint density at radius 3 is 2.70 bits per heavy atom. The molecule has 0 radical (unpaired) electrons. The minimum atomic E-state index is -0.462. The van der Waals surface area contributed by atoms with Crippen molar-refractivity contribution in [1.82, 2.24) is 9.88 Å². The summed E-state index contributed by atoms with van der Waals surface area (Å²) < 4.78 is 11.3. The largest absolute Gasteiger partial charge is 0.488 e. The molecular weight excluding hydrogens is 256 g/mol. The van der Waals surface area contributed by atoms with Crippen LogP contribution in [0.3, 0.4) is 0 Å². The van der Waals surface area contributed by atoms with Crippen molar-refractivity contribution in [1.29, 1.82) is 0 Å². The van der Waals surface area contributed by atoms with Gasteiger partial charge in [-0.1, -0.05) is 0 Å². The summed E-state index contributed by atoms with van der Waals surface area (Å²) in [6, 6.07) is 3.65. The first kappa shape index (κ1) is 14.6. The lowest BCUT2D eigenvalue weighted by Crippen LogP contribution is -2.46. The molecule has 2 heterocycles. The fraction of sp³-hybridized carbons (Fsp3) is 0.600. The summed E-state index contributed by atoms with van der Waals surface area (Å²) in [6.07, 6.45) is 5.02. The van der Waals surface area contributed by atoms with E-state index < -0.39 is 5.60 Å². The number of hydrogen-bond donors (Lipinski definition) is 0. The van der Waals surface area contributed by atoms with Gasteiger partial charge in [0.05, 0.1) is 6.54 Å². The summed E-state index contributed by atoms with van der Waals surface area (Å²) in [5, 5.41) is 0. The summed E-state index contributed by atoms with van der Waals surface area (Å²) in [5.41, 5.74) is -0.462. The van der Waals surface area contributed by atoms with Crippen LogP contribution < -0.4 is 4.74 Å². The molecule has 0 aromatic carbocycles. The van der Waals surface area contributed by atoms with Crippen molar-refractivity contribution < 1.29 is 14.3 Å². The second-order valence-electron chi connectivity index (χ2n) is 5.99. The maximum atomic E-state index is 12.0. The number of aromatic nitrogens is 1. The first-order valence-electron chi connectivity index (χ1n) is 6.99. The first-order valence-corrected chi connectivity index (χ1v) is 6.99. The number of carbonyl (C=O) groups excluding carboxylic acids is 1. The van der Waals surface area contributed by atoms with Gasteiger partial charge >= 0.3 is 6.09 Å². The Labute approximate surface area is 119 Å². The molecule has 0 saturated carbocycles. The second-order valence-corrected chi connectivity index (χ2v) is 5.99. The zero-order chi connectivity index (χ0) is 14.6. The lowest BCUT2D eigenvalue weighted by atomic mass is 10.1. The van der Waals surface area contributed by atoms with Crippen molar-refractivity contribution >= 4 is 6.09 Å². The molecule has 0 aliphatic carbocycles. The Bertz CT molecular complexity index is 442. The van der Waals surface area contributed by atoms with Gasteiger partial charge in [0.1, 0.15) is 17.5 Å². The number of rotatable bonds is 2. The SMILES string of the molecule is CC(C)(C)OC(=O)N1CCCC(Oc2ccncc2)C1. The Hall–Kier alpha value is -1.78. The van der Waals surface area contributed by atoms with E-state index >= 15 is 0 Å². The summed E-state index contributed by atoms with van der Waals surface area (Å²) in [5.74, 6) is 0.788. The van der Waals surface area contributed by atoms with Gasteiger partial charge in [0.2, 0.25) is 0 Å². The van der Waals surface area contributed by atoms with Gasteiger partial charge in [0, 0.05) is 18.9 Å². The predicted molar refractivity (Wildman–Crippen MR) is 75.7 cm³/mol. The predicted octanol–water partition coefficient (Wildman–Crippen LogP) is 2.86. The first-order chi connectivity index (χ1) is 9.44. The molecule has 1 aromatic heterocycles. The summed E-state index contributed by atoms with van der Waals surface area (Å²) >= 11 is 0. The Morgan fingerprint density at radius 2 is 2.05 bits per heavy atom. The van der Waals surface area contributed by atoms with E-state index in [1.54, 1.807) is 17.3 Å². The molecule has 1 amide bonds. The normalized spacial score (nSPS) is 19.6. The molecule has 1 fully saturated rings. The van der Waals surface area contributed by atoms with E-state index in [4.69, 9.17) is 9.47 Å². The van der Waals surface area contributed by atoms with Crippen LogP contribution in [0.15, 0.2) is 24.5 Å². The standard InChI is InChI=1S/C15H22N2O3/c1-15(2,3)20-14(18)17-10-4-5-13(11-17)19-12-6-8-16-9-7-12/h6-9,13H,4-5,10-11H2,1-3H3. The fourth-order valence-corrected chi connectivity index (χ4v) is 2.14. The van der Waals surface area contributed by atoms with Crippen molar-refractivity contribution in [3.63, 3.8) is 0 Å². The Morgan fingerprint density at radius 1 is 1.35 bits per heavy atom. The van der Waals surface area contributed by atoms with Gasteiger partial charge in [-0.2, -0.15) is 0 Å². The van der Waals surface area contributed by atoms with Crippen LogP contribution in [0.4, 0.5) is 4.79 Å². The highest BCUT2D eigenvalue weighted by molar-refractivity contribution is 5.68. The third-order valence-corrected chi connectivity index (χ3v) is 2.98. The highest BCUT2D eigenvalue weighted by Crippen LogP contribution is 2.19. The van der Waals surface area contributed by atoms with Gasteiger partial charge in [-0.15, -0.1) is 0 Å². The molecule has 0 spiro atoms. The molecule has 5 nitrogen and oxygen atoms in total. The van der Waals surface area contributed by atoms with Crippen molar-refractivity contribution in [3.05, 3.63) is 24.5 Å². The van der Waals surface area contributed by atoms with Gasteiger partial charge < -0.3 is 14.4 Å². The molecule has 1 aliphatic heterocycles. The molecule has 0 N–H and O–H groups in total. The van der Waals surface area contributed by atoms with Gasteiger partial charge in [0.15, 0.2) is 0 Å². The molecule has 110 valence electrons. The summed E-state index contributed by atoms with van der Waals surface area (Å²) in [4.78, 5) is 17.7. The van der Waals surface area contributed by atoms with Crippen LogP contribution >= 0.6 is 0 Å². The third kappa shape index (κ3) is 4.40. The quantitative estimate of drug-likeness (QED) is 0.834. The molecule has 1 saturated heterocycles. The number of pyridine rings is 1. The fourth-order valence-electron chi connectivity index (χ4n) is 2.14. The zero-order valence-corrected chi connectivity index (χ0v) is 12.3. The molecule has 1 aromatic rings. The van der Waals surface area contributed by atoms with Crippen LogP contribution in [0.2, 0.25) is 0 Å². The number of ether oxygens (including phenoxy) is 2. The molecular formula is C15H22N2O3. The van der Waals surface area contributed by atoms with Crippen LogP contribution in [0.5, 0.6) is 5.75 Å². The summed E-state index contributed by atoms with van der Waals surface area (Å²) in [7, 11) is 0. The molecule has 2 rings (SSSR count). The van der Waals surface area contributed by atoms with Crippen molar-refractivity contribution in [2.24, 2.45) is 0 Å². The monoisotopic (exact) mass is 278 g/mol. The van der Waals surface area contributed by atoms with Gasteiger partial charge in [-0.05, 0) is 45.7 Å². The maximum absolute atomic E-state index is 12.0. The molecule has 20 heavy (non-hydrogen) atoms. The van der Waals surface area contributed by atoms with E-state index in [1.165, 1.54) is 0 Å². The maximum Gasteiger partial charge on any atom is 0.410 e. The molecule has 5 heteroatoms. The molecule has 1 aliphatic rings. The van der Waals surface area contributed by atoms with E-state index in [0.29, 0.717) is 6.54 Å².